The molecule has 3 aromatic rings. The highest BCUT2D eigenvalue weighted by Gasteiger charge is 2.14. The van der Waals surface area contributed by atoms with E-state index in [9.17, 15) is 4.79 Å². The van der Waals surface area contributed by atoms with E-state index in [1.54, 1.807) is 31.5 Å². The van der Waals surface area contributed by atoms with Crippen LogP contribution in [0.4, 0.5) is 5.95 Å². The van der Waals surface area contributed by atoms with Crippen LogP contribution in [0.1, 0.15) is 21.9 Å². The first-order chi connectivity index (χ1) is 11.1. The fourth-order valence-corrected chi connectivity index (χ4v) is 2.03. The van der Waals surface area contributed by atoms with Gasteiger partial charge in [0.15, 0.2) is 5.82 Å². The van der Waals surface area contributed by atoms with Crippen LogP contribution in [0.5, 0.6) is 0 Å². The van der Waals surface area contributed by atoms with E-state index in [1.807, 2.05) is 25.1 Å². The van der Waals surface area contributed by atoms with Crippen LogP contribution in [0.25, 0.3) is 11.5 Å². The van der Waals surface area contributed by atoms with E-state index in [4.69, 9.17) is 0 Å². The molecule has 0 aliphatic heterocycles. The predicted molar refractivity (Wildman–Crippen MR) is 84.7 cm³/mol. The third-order valence-electron chi connectivity index (χ3n) is 3.09. The number of aryl methyl sites for hydroxylation is 2. The molecule has 0 spiro atoms. The van der Waals surface area contributed by atoms with Crippen molar-refractivity contribution in [1.82, 2.24) is 24.9 Å². The molecule has 0 atom stereocenters. The number of nitrogens with one attached hydrogen (secondary N) is 1. The molecule has 0 saturated carbocycles. The van der Waals surface area contributed by atoms with E-state index >= 15 is 0 Å². The summed E-state index contributed by atoms with van der Waals surface area (Å²) in [5, 5.41) is 2.66. The summed E-state index contributed by atoms with van der Waals surface area (Å²) in [4.78, 5) is 33.2. The Bertz CT molecular complexity index is 850. The smallest absolute Gasteiger partial charge is 0.276 e. The van der Waals surface area contributed by atoms with E-state index in [2.05, 4.69) is 30.2 Å². The predicted octanol–water partition coefficient (Wildman–Crippen LogP) is 2.20. The molecule has 0 bridgehead atoms. The van der Waals surface area contributed by atoms with Gasteiger partial charge in [0.05, 0.1) is 0 Å². The third kappa shape index (κ3) is 3.34. The summed E-state index contributed by atoms with van der Waals surface area (Å²) in [5.74, 6) is 0.716. The Balaban J connectivity index is 1.91. The van der Waals surface area contributed by atoms with Gasteiger partial charge in [-0.05, 0) is 37.6 Å². The number of aromatic nitrogens is 5. The highest BCUT2D eigenvalue weighted by Crippen LogP contribution is 2.13. The molecule has 0 aromatic carbocycles. The van der Waals surface area contributed by atoms with Gasteiger partial charge in [0.2, 0.25) is 5.95 Å². The van der Waals surface area contributed by atoms with Crippen LogP contribution in [0.2, 0.25) is 0 Å². The average molecular weight is 306 g/mol. The minimum atomic E-state index is -0.360. The number of carbonyl (C=O) groups is 1. The first kappa shape index (κ1) is 14.7. The number of hydrogen-bond acceptors (Lipinski definition) is 6. The maximum atomic E-state index is 12.3. The van der Waals surface area contributed by atoms with Gasteiger partial charge in [-0.25, -0.2) is 4.98 Å². The molecule has 0 radical (unpaired) electrons. The van der Waals surface area contributed by atoms with Crippen molar-refractivity contribution in [2.75, 3.05) is 5.32 Å². The lowest BCUT2D eigenvalue weighted by Crippen LogP contribution is -2.18. The molecule has 0 aliphatic carbocycles. The van der Waals surface area contributed by atoms with Crippen LogP contribution in [0.15, 0.2) is 42.7 Å². The zero-order valence-corrected chi connectivity index (χ0v) is 12.7. The number of pyridine rings is 2. The van der Waals surface area contributed by atoms with E-state index < -0.39 is 0 Å². The van der Waals surface area contributed by atoms with Gasteiger partial charge in [0.1, 0.15) is 17.2 Å². The number of hydrogen-bond donors (Lipinski definition) is 1. The number of carbonyl (C=O) groups excluding carboxylic acids is 1. The van der Waals surface area contributed by atoms with E-state index in [0.29, 0.717) is 23.0 Å². The van der Waals surface area contributed by atoms with E-state index in [-0.39, 0.29) is 11.9 Å². The Hall–Kier alpha value is -3.22. The molecule has 0 aliphatic rings. The topological polar surface area (TPSA) is 93.6 Å². The Kier molecular flexibility index (Phi) is 4.01. The van der Waals surface area contributed by atoms with Crippen molar-refractivity contribution < 1.29 is 4.79 Å². The maximum absolute atomic E-state index is 12.3. The molecule has 0 fully saturated rings. The van der Waals surface area contributed by atoms with Crippen molar-refractivity contribution in [3.63, 3.8) is 0 Å². The van der Waals surface area contributed by atoms with Gasteiger partial charge in [0, 0.05) is 12.4 Å². The van der Waals surface area contributed by atoms with E-state index in [1.165, 1.54) is 0 Å². The number of nitrogens with zero attached hydrogens (tertiary/aromatic N) is 5. The SMILES string of the molecule is Cc1nc(NC(=O)c2ncccc2C)nc(-c2ccccn2)n1. The maximum Gasteiger partial charge on any atom is 0.276 e. The van der Waals surface area contributed by atoms with Gasteiger partial charge < -0.3 is 0 Å². The monoisotopic (exact) mass is 306 g/mol. The van der Waals surface area contributed by atoms with Crippen molar-refractivity contribution in [2.24, 2.45) is 0 Å². The third-order valence-corrected chi connectivity index (χ3v) is 3.09. The second-order valence-corrected chi connectivity index (χ2v) is 4.87. The molecular weight excluding hydrogens is 292 g/mol. The van der Waals surface area contributed by atoms with Gasteiger partial charge >= 0.3 is 0 Å². The first-order valence-electron chi connectivity index (χ1n) is 7.00. The van der Waals surface area contributed by atoms with Crippen LogP contribution in [0.3, 0.4) is 0 Å². The zero-order valence-electron chi connectivity index (χ0n) is 12.7. The summed E-state index contributed by atoms with van der Waals surface area (Å²) in [6.45, 7) is 3.55. The van der Waals surface area contributed by atoms with Gasteiger partial charge in [-0.1, -0.05) is 12.1 Å². The summed E-state index contributed by atoms with van der Waals surface area (Å²) in [5.41, 5.74) is 1.73. The first-order valence-corrected chi connectivity index (χ1v) is 7.00. The summed E-state index contributed by atoms with van der Waals surface area (Å²) >= 11 is 0. The molecule has 0 unspecified atom stereocenters. The van der Waals surface area contributed by atoms with Crippen LogP contribution in [-0.2, 0) is 0 Å². The molecule has 1 N–H and O–H groups in total. The van der Waals surface area contributed by atoms with Crippen LogP contribution in [-0.4, -0.2) is 30.8 Å². The lowest BCUT2D eigenvalue weighted by atomic mass is 10.2. The lowest BCUT2D eigenvalue weighted by Gasteiger charge is -2.07. The quantitative estimate of drug-likeness (QED) is 0.797. The summed E-state index contributed by atoms with van der Waals surface area (Å²) in [7, 11) is 0. The standard InChI is InChI=1S/C16H14N6O/c1-10-6-5-9-18-13(10)15(23)22-16-20-11(2)19-14(21-16)12-7-3-4-8-17-12/h3-9H,1-2H3,(H,19,20,21,22,23). The number of anilines is 1. The zero-order chi connectivity index (χ0) is 16.2. The minimum Gasteiger partial charge on any atom is -0.289 e. The van der Waals surface area contributed by atoms with Crippen molar-refractivity contribution in [1.29, 1.82) is 0 Å². The molecular formula is C16H14N6O. The Morgan fingerprint density at radius 3 is 2.52 bits per heavy atom. The molecule has 0 saturated heterocycles. The van der Waals surface area contributed by atoms with Crippen molar-refractivity contribution in [3.05, 3.63) is 59.8 Å². The van der Waals surface area contributed by atoms with Gasteiger partial charge in [-0.3, -0.25) is 20.1 Å². The molecule has 3 rings (SSSR count). The fraction of sp³-hybridized carbons (Fsp3) is 0.125. The van der Waals surface area contributed by atoms with Gasteiger partial charge in [-0.2, -0.15) is 9.97 Å². The average Bonchev–Trinajstić information content (AvgIpc) is 2.55. The lowest BCUT2D eigenvalue weighted by molar-refractivity contribution is 0.102. The molecule has 3 heterocycles. The molecule has 3 aromatic heterocycles. The highest BCUT2D eigenvalue weighted by atomic mass is 16.2. The van der Waals surface area contributed by atoms with Crippen molar-refractivity contribution in [2.45, 2.75) is 13.8 Å². The Labute approximate surface area is 132 Å². The summed E-state index contributed by atoms with van der Waals surface area (Å²) in [6.07, 6.45) is 3.23. The Morgan fingerprint density at radius 1 is 0.957 bits per heavy atom. The normalized spacial score (nSPS) is 10.3. The van der Waals surface area contributed by atoms with Crippen LogP contribution in [0, 0.1) is 13.8 Å². The van der Waals surface area contributed by atoms with Crippen molar-refractivity contribution >= 4 is 11.9 Å². The summed E-state index contributed by atoms with van der Waals surface area (Å²) < 4.78 is 0. The van der Waals surface area contributed by atoms with Gasteiger partial charge in [-0.15, -0.1) is 0 Å². The van der Waals surface area contributed by atoms with Crippen molar-refractivity contribution in [3.8, 4) is 11.5 Å². The second-order valence-electron chi connectivity index (χ2n) is 4.87. The molecule has 7 heteroatoms. The molecule has 1 amide bonds. The number of amides is 1. The highest BCUT2D eigenvalue weighted by molar-refractivity contribution is 6.02. The number of rotatable bonds is 3. The van der Waals surface area contributed by atoms with Crippen LogP contribution < -0.4 is 5.32 Å². The fourth-order valence-electron chi connectivity index (χ4n) is 2.03. The van der Waals surface area contributed by atoms with Crippen LogP contribution >= 0.6 is 0 Å². The Morgan fingerprint density at radius 2 is 1.78 bits per heavy atom. The largest absolute Gasteiger partial charge is 0.289 e. The van der Waals surface area contributed by atoms with Gasteiger partial charge in [0.25, 0.3) is 5.91 Å². The second kappa shape index (κ2) is 6.27. The molecule has 114 valence electrons. The molecule has 23 heavy (non-hydrogen) atoms. The molecule has 7 nitrogen and oxygen atoms in total. The minimum absolute atomic E-state index is 0.174. The summed E-state index contributed by atoms with van der Waals surface area (Å²) in [6, 6.07) is 9.04. The van der Waals surface area contributed by atoms with E-state index in [0.717, 1.165) is 5.56 Å².